The highest BCUT2D eigenvalue weighted by atomic mass is 16.1. The summed E-state index contributed by atoms with van der Waals surface area (Å²) in [4.78, 5) is 18.3. The van der Waals surface area contributed by atoms with Crippen LogP contribution in [0.5, 0.6) is 0 Å². The maximum Gasteiger partial charge on any atom is 0.329 e. The lowest BCUT2D eigenvalue weighted by Gasteiger charge is -2.11. The van der Waals surface area contributed by atoms with Gasteiger partial charge in [0.2, 0.25) is 0 Å². The zero-order valence-corrected chi connectivity index (χ0v) is 18.3. The predicted octanol–water partition coefficient (Wildman–Crippen LogP) is 4.94. The molecule has 0 saturated carbocycles. The maximum atomic E-state index is 13.4. The molecule has 2 heterocycles. The summed E-state index contributed by atoms with van der Waals surface area (Å²) in [5, 5.41) is 8.79. The summed E-state index contributed by atoms with van der Waals surface area (Å²) >= 11 is 0. The fourth-order valence-electron chi connectivity index (χ4n) is 4.14. The van der Waals surface area contributed by atoms with Crippen LogP contribution in [0, 0.1) is 17.2 Å². The van der Waals surface area contributed by atoms with Crippen LogP contribution in [0.2, 0.25) is 0 Å². The van der Waals surface area contributed by atoms with Gasteiger partial charge >= 0.3 is 5.69 Å². The zero-order valence-electron chi connectivity index (χ0n) is 18.3. The first-order chi connectivity index (χ1) is 15.1. The molecule has 0 atom stereocenters. The monoisotopic (exact) mass is 415 g/mol. The zero-order chi connectivity index (χ0) is 21.8. The highest BCUT2D eigenvalue weighted by Crippen LogP contribution is 2.20. The van der Waals surface area contributed by atoms with Gasteiger partial charge in [-0.15, -0.1) is 0 Å². The van der Waals surface area contributed by atoms with Crippen LogP contribution in [0.3, 0.4) is 0 Å². The third-order valence-electron chi connectivity index (χ3n) is 5.81. The third-order valence-corrected chi connectivity index (χ3v) is 5.81. The smallest absolute Gasteiger partial charge is 0.326 e. The number of benzene rings is 2. The number of nitriles is 1. The van der Waals surface area contributed by atoms with Gasteiger partial charge in [0, 0.05) is 19.5 Å². The van der Waals surface area contributed by atoms with Gasteiger partial charge in [0.1, 0.15) is 5.82 Å². The average Bonchev–Trinajstić information content (AvgIpc) is 3.25. The summed E-state index contributed by atoms with van der Waals surface area (Å²) in [6.07, 6.45) is 3.19. The number of fused-ring (bicyclic) bond motifs is 2. The summed E-state index contributed by atoms with van der Waals surface area (Å²) in [7, 11) is 0. The number of rotatable bonds is 9. The molecule has 2 aromatic heterocycles. The van der Waals surface area contributed by atoms with Crippen molar-refractivity contribution in [1.29, 1.82) is 5.26 Å². The van der Waals surface area contributed by atoms with E-state index in [2.05, 4.69) is 30.6 Å². The van der Waals surface area contributed by atoms with Crippen molar-refractivity contribution in [2.24, 2.45) is 5.92 Å². The van der Waals surface area contributed by atoms with E-state index in [0.717, 1.165) is 53.7 Å². The lowest BCUT2D eigenvalue weighted by atomic mass is 10.1. The molecule has 0 amide bonds. The summed E-state index contributed by atoms with van der Waals surface area (Å²) in [5.41, 5.74) is 3.94. The van der Waals surface area contributed by atoms with E-state index in [4.69, 9.17) is 10.2 Å². The van der Waals surface area contributed by atoms with E-state index in [1.165, 1.54) is 0 Å². The molecule has 4 rings (SSSR count). The molecule has 0 unspecified atom stereocenters. The largest absolute Gasteiger partial charge is 0.329 e. The van der Waals surface area contributed by atoms with Crippen LogP contribution in [0.25, 0.3) is 22.1 Å². The Labute approximate surface area is 182 Å². The fraction of sp³-hybridized carbons (Fsp3) is 0.400. The number of unbranched alkanes of at least 4 members (excludes halogenated alkanes) is 2. The second-order valence-electron chi connectivity index (χ2n) is 8.48. The van der Waals surface area contributed by atoms with Gasteiger partial charge in [0.15, 0.2) is 0 Å². The van der Waals surface area contributed by atoms with Gasteiger partial charge in [-0.1, -0.05) is 38.1 Å². The Kier molecular flexibility index (Phi) is 6.22. The number of nitrogens with zero attached hydrogens (tertiary/aromatic N) is 5. The minimum atomic E-state index is -0.0133. The number of para-hydroxylation sites is 4. The van der Waals surface area contributed by atoms with Crippen LogP contribution >= 0.6 is 0 Å². The van der Waals surface area contributed by atoms with Crippen molar-refractivity contribution in [2.75, 3.05) is 0 Å². The van der Waals surface area contributed by atoms with Gasteiger partial charge in [0.05, 0.1) is 34.7 Å². The van der Waals surface area contributed by atoms with E-state index >= 15 is 0 Å². The van der Waals surface area contributed by atoms with E-state index < -0.39 is 0 Å². The van der Waals surface area contributed by atoms with Crippen molar-refractivity contribution in [1.82, 2.24) is 18.7 Å². The van der Waals surface area contributed by atoms with Gasteiger partial charge in [-0.3, -0.25) is 9.13 Å². The molecule has 0 radical (unpaired) electrons. The quantitative estimate of drug-likeness (QED) is 0.364. The Morgan fingerprint density at radius 3 is 2.29 bits per heavy atom. The fourth-order valence-corrected chi connectivity index (χ4v) is 4.14. The van der Waals surface area contributed by atoms with Crippen LogP contribution in [0.15, 0.2) is 53.3 Å². The maximum absolute atomic E-state index is 13.4. The molecule has 0 saturated heterocycles. The number of aromatic nitrogens is 4. The molecule has 6 nitrogen and oxygen atoms in total. The normalized spacial score (nSPS) is 11.5. The number of imidazole rings is 2. The summed E-state index contributed by atoms with van der Waals surface area (Å²) < 4.78 is 5.95. The molecule has 0 fully saturated rings. The molecule has 31 heavy (non-hydrogen) atoms. The summed E-state index contributed by atoms with van der Waals surface area (Å²) in [6.45, 7) is 6.40. The van der Waals surface area contributed by atoms with Crippen molar-refractivity contribution in [3.05, 3.63) is 64.8 Å². The molecule has 6 heteroatoms. The van der Waals surface area contributed by atoms with E-state index in [1.807, 2.05) is 51.6 Å². The van der Waals surface area contributed by atoms with Crippen molar-refractivity contribution >= 4 is 22.1 Å². The van der Waals surface area contributed by atoms with Crippen LogP contribution in [0.1, 0.15) is 45.4 Å². The molecule has 0 aliphatic heterocycles. The van der Waals surface area contributed by atoms with Gasteiger partial charge < -0.3 is 4.57 Å². The van der Waals surface area contributed by atoms with Gasteiger partial charge in [0.25, 0.3) is 0 Å². The van der Waals surface area contributed by atoms with Crippen LogP contribution < -0.4 is 5.69 Å². The Morgan fingerprint density at radius 2 is 1.58 bits per heavy atom. The molecular formula is C25H29N5O. The average molecular weight is 416 g/mol. The molecule has 0 bridgehead atoms. The number of aryl methyl sites for hydroxylation is 2. The summed E-state index contributed by atoms with van der Waals surface area (Å²) in [5.74, 6) is 1.50. The van der Waals surface area contributed by atoms with Crippen molar-refractivity contribution in [3.8, 4) is 6.07 Å². The molecule has 0 aliphatic carbocycles. The first kappa shape index (κ1) is 20.9. The van der Waals surface area contributed by atoms with Crippen LogP contribution in [0.4, 0.5) is 0 Å². The molecule has 0 aliphatic rings. The molecule has 0 spiro atoms. The Morgan fingerprint density at radius 1 is 0.903 bits per heavy atom. The van der Waals surface area contributed by atoms with Crippen LogP contribution in [-0.4, -0.2) is 18.7 Å². The van der Waals surface area contributed by atoms with Crippen molar-refractivity contribution in [2.45, 2.75) is 59.2 Å². The molecule has 2 aromatic carbocycles. The van der Waals surface area contributed by atoms with E-state index in [0.29, 0.717) is 25.4 Å². The summed E-state index contributed by atoms with van der Waals surface area (Å²) in [6, 6.07) is 18.3. The second kappa shape index (κ2) is 9.22. The topological polar surface area (TPSA) is 68.5 Å². The predicted molar refractivity (Wildman–Crippen MR) is 124 cm³/mol. The van der Waals surface area contributed by atoms with E-state index in [-0.39, 0.29) is 5.69 Å². The third kappa shape index (κ3) is 4.27. The van der Waals surface area contributed by atoms with E-state index in [9.17, 15) is 4.79 Å². The van der Waals surface area contributed by atoms with Gasteiger partial charge in [-0.2, -0.15) is 5.26 Å². The first-order valence-corrected chi connectivity index (χ1v) is 11.1. The standard InChI is InChI=1S/C25H29N5O/c1-19(2)14-17-28-21-11-5-4-10-20(21)27-24(28)18-30-23-13-7-6-12-22(23)29(25(30)31)16-9-3-8-15-26/h4-7,10-13,19H,3,8-9,14,16-18H2,1-2H3. The minimum Gasteiger partial charge on any atom is -0.326 e. The Balaban J connectivity index is 1.74. The highest BCUT2D eigenvalue weighted by Gasteiger charge is 2.17. The van der Waals surface area contributed by atoms with Gasteiger partial charge in [-0.05, 0) is 49.4 Å². The molecule has 160 valence electrons. The molecule has 0 N–H and O–H groups in total. The van der Waals surface area contributed by atoms with Crippen molar-refractivity contribution < 1.29 is 0 Å². The Bertz CT molecular complexity index is 1280. The lowest BCUT2D eigenvalue weighted by molar-refractivity contribution is 0.506. The van der Waals surface area contributed by atoms with E-state index in [1.54, 1.807) is 0 Å². The molecule has 4 aromatic rings. The van der Waals surface area contributed by atoms with Crippen LogP contribution in [-0.2, 0) is 19.6 Å². The molecular weight excluding hydrogens is 386 g/mol. The lowest BCUT2D eigenvalue weighted by Crippen LogP contribution is -2.26. The van der Waals surface area contributed by atoms with Crippen molar-refractivity contribution in [3.63, 3.8) is 0 Å². The van der Waals surface area contributed by atoms with Gasteiger partial charge in [-0.25, -0.2) is 9.78 Å². The number of hydrogen-bond acceptors (Lipinski definition) is 3. The highest BCUT2D eigenvalue weighted by molar-refractivity contribution is 5.77. The number of hydrogen-bond donors (Lipinski definition) is 0. The Hall–Kier alpha value is -3.33. The first-order valence-electron chi connectivity index (χ1n) is 11.1. The second-order valence-corrected chi connectivity index (χ2v) is 8.48. The SMILES string of the molecule is CC(C)CCn1c(Cn2c(=O)n(CCCCC#N)c3ccccc32)nc2ccccc21. The minimum absolute atomic E-state index is 0.0133.